The third-order valence-corrected chi connectivity index (χ3v) is 5.92. The van der Waals surface area contributed by atoms with Crippen molar-refractivity contribution in [3.05, 3.63) is 23.9 Å². The number of aromatic nitrogens is 4. The van der Waals surface area contributed by atoms with Gasteiger partial charge in [-0.2, -0.15) is 0 Å². The summed E-state index contributed by atoms with van der Waals surface area (Å²) in [5.74, 6) is 0.291. The Bertz CT molecular complexity index is 850. The molecule has 8 heteroatoms. The van der Waals surface area contributed by atoms with E-state index in [0.29, 0.717) is 17.6 Å². The lowest BCUT2D eigenvalue weighted by atomic mass is 9.73. The van der Waals surface area contributed by atoms with Crippen LogP contribution in [-0.2, 0) is 4.79 Å². The molecule has 2 aromatic rings. The number of carbonyl (C=O) groups excluding carboxylic acids is 2. The van der Waals surface area contributed by atoms with E-state index in [4.69, 9.17) is 0 Å². The molecule has 1 spiro atoms. The zero-order valence-electron chi connectivity index (χ0n) is 15.8. The largest absolute Gasteiger partial charge is 0.342 e. The lowest BCUT2D eigenvalue weighted by Gasteiger charge is -2.48. The van der Waals surface area contributed by atoms with Crippen molar-refractivity contribution in [2.75, 3.05) is 26.2 Å². The molecule has 4 heterocycles. The molecule has 0 aromatic carbocycles. The Morgan fingerprint density at radius 2 is 2.19 bits per heavy atom. The SMILES string of the molecule is CCCCN1CC2(CCCN(C(=O)c3ccn4nnnc4c3)C2)CCC1=O. The van der Waals surface area contributed by atoms with Gasteiger partial charge in [0.2, 0.25) is 5.91 Å². The van der Waals surface area contributed by atoms with E-state index in [9.17, 15) is 9.59 Å². The highest BCUT2D eigenvalue weighted by molar-refractivity contribution is 5.95. The van der Waals surface area contributed by atoms with Crippen LogP contribution in [0.4, 0.5) is 0 Å². The monoisotopic (exact) mass is 370 g/mol. The van der Waals surface area contributed by atoms with Crippen LogP contribution in [0.2, 0.25) is 0 Å². The van der Waals surface area contributed by atoms with E-state index in [0.717, 1.165) is 58.3 Å². The van der Waals surface area contributed by atoms with Crippen molar-refractivity contribution in [1.82, 2.24) is 29.8 Å². The number of hydrogen-bond donors (Lipinski definition) is 0. The van der Waals surface area contributed by atoms with Gasteiger partial charge in [0.1, 0.15) is 0 Å². The zero-order valence-corrected chi connectivity index (χ0v) is 15.8. The molecule has 2 fully saturated rings. The van der Waals surface area contributed by atoms with Crippen molar-refractivity contribution in [3.8, 4) is 0 Å². The lowest BCUT2D eigenvalue weighted by molar-refractivity contribution is -0.139. The molecule has 8 nitrogen and oxygen atoms in total. The van der Waals surface area contributed by atoms with Crippen LogP contribution in [0, 0.1) is 5.41 Å². The van der Waals surface area contributed by atoms with Crippen molar-refractivity contribution in [3.63, 3.8) is 0 Å². The van der Waals surface area contributed by atoms with E-state index < -0.39 is 0 Å². The van der Waals surface area contributed by atoms with Crippen LogP contribution >= 0.6 is 0 Å². The molecule has 4 rings (SSSR count). The minimum Gasteiger partial charge on any atom is -0.342 e. The number of tetrazole rings is 1. The summed E-state index contributed by atoms with van der Waals surface area (Å²) in [7, 11) is 0. The average Bonchev–Trinajstić information content (AvgIpc) is 3.16. The molecule has 2 saturated heterocycles. The van der Waals surface area contributed by atoms with Crippen LogP contribution < -0.4 is 0 Å². The topological polar surface area (TPSA) is 83.7 Å². The molecule has 27 heavy (non-hydrogen) atoms. The summed E-state index contributed by atoms with van der Waals surface area (Å²) in [6.07, 6.45) is 7.39. The van der Waals surface area contributed by atoms with Gasteiger partial charge >= 0.3 is 0 Å². The van der Waals surface area contributed by atoms with Crippen LogP contribution in [0.3, 0.4) is 0 Å². The van der Waals surface area contributed by atoms with Crippen molar-refractivity contribution in [2.24, 2.45) is 5.41 Å². The van der Waals surface area contributed by atoms with Crippen molar-refractivity contribution >= 4 is 17.5 Å². The molecule has 2 aliphatic heterocycles. The van der Waals surface area contributed by atoms with Gasteiger partial charge in [-0.25, -0.2) is 4.52 Å². The van der Waals surface area contributed by atoms with Crippen LogP contribution in [-0.4, -0.2) is 67.8 Å². The molecular weight excluding hydrogens is 344 g/mol. The van der Waals surface area contributed by atoms with Crippen molar-refractivity contribution in [2.45, 2.75) is 45.4 Å². The Morgan fingerprint density at radius 3 is 3.04 bits per heavy atom. The molecule has 1 atom stereocenters. The highest BCUT2D eigenvalue weighted by Crippen LogP contribution is 2.39. The molecule has 144 valence electrons. The van der Waals surface area contributed by atoms with E-state index in [1.54, 1.807) is 22.8 Å². The summed E-state index contributed by atoms with van der Waals surface area (Å²) in [6, 6.07) is 3.51. The number of rotatable bonds is 4. The van der Waals surface area contributed by atoms with Crippen molar-refractivity contribution < 1.29 is 9.59 Å². The molecular formula is C19H26N6O2. The van der Waals surface area contributed by atoms with Gasteiger partial charge in [-0.1, -0.05) is 13.3 Å². The third-order valence-electron chi connectivity index (χ3n) is 5.92. The first-order chi connectivity index (χ1) is 13.1. The van der Waals surface area contributed by atoms with Crippen LogP contribution in [0.1, 0.15) is 55.8 Å². The van der Waals surface area contributed by atoms with Gasteiger partial charge in [0.05, 0.1) is 0 Å². The van der Waals surface area contributed by atoms with Crippen LogP contribution in [0.25, 0.3) is 5.65 Å². The quantitative estimate of drug-likeness (QED) is 0.819. The second-order valence-electron chi connectivity index (χ2n) is 7.90. The Balaban J connectivity index is 1.49. The van der Waals surface area contributed by atoms with Gasteiger partial charge < -0.3 is 9.80 Å². The predicted octanol–water partition coefficient (Wildman–Crippen LogP) is 1.77. The number of amides is 2. The summed E-state index contributed by atoms with van der Waals surface area (Å²) < 4.78 is 1.55. The summed E-state index contributed by atoms with van der Waals surface area (Å²) in [6.45, 7) is 5.24. The number of nitrogens with zero attached hydrogens (tertiary/aromatic N) is 6. The number of pyridine rings is 1. The minimum absolute atomic E-state index is 0.0246. The van der Waals surface area contributed by atoms with Gasteiger partial charge in [0, 0.05) is 49.8 Å². The van der Waals surface area contributed by atoms with E-state index in [-0.39, 0.29) is 17.2 Å². The van der Waals surface area contributed by atoms with Crippen LogP contribution in [0.5, 0.6) is 0 Å². The van der Waals surface area contributed by atoms with E-state index >= 15 is 0 Å². The Morgan fingerprint density at radius 1 is 1.30 bits per heavy atom. The number of carbonyl (C=O) groups is 2. The Labute approximate surface area is 158 Å². The van der Waals surface area contributed by atoms with Gasteiger partial charge in [0.25, 0.3) is 5.91 Å². The first kappa shape index (κ1) is 17.9. The molecule has 2 aromatic heterocycles. The normalized spacial score (nSPS) is 23.4. The highest BCUT2D eigenvalue weighted by atomic mass is 16.2. The van der Waals surface area contributed by atoms with Gasteiger partial charge in [-0.3, -0.25) is 9.59 Å². The Hall–Kier alpha value is -2.51. The molecule has 0 radical (unpaired) electrons. The summed E-state index contributed by atoms with van der Waals surface area (Å²) >= 11 is 0. The maximum atomic E-state index is 13.1. The predicted molar refractivity (Wildman–Crippen MR) is 99.1 cm³/mol. The van der Waals surface area contributed by atoms with E-state index in [2.05, 4.69) is 22.4 Å². The molecule has 0 bridgehead atoms. The third kappa shape index (κ3) is 3.52. The summed E-state index contributed by atoms with van der Waals surface area (Å²) in [5.41, 5.74) is 1.22. The number of unbranched alkanes of at least 4 members (excludes halogenated alkanes) is 1. The summed E-state index contributed by atoms with van der Waals surface area (Å²) in [4.78, 5) is 29.3. The standard InChI is InChI=1S/C19H26N6O2/c1-2-3-9-23-13-19(8-5-17(23)26)7-4-10-24(14-19)18(27)15-6-11-25-16(12-15)20-21-22-25/h6,11-12H,2-5,7-10,13-14H2,1H3. The average molecular weight is 370 g/mol. The first-order valence-electron chi connectivity index (χ1n) is 9.85. The smallest absolute Gasteiger partial charge is 0.254 e. The lowest BCUT2D eigenvalue weighted by Crippen LogP contribution is -2.55. The number of hydrogen-bond acceptors (Lipinski definition) is 5. The first-order valence-corrected chi connectivity index (χ1v) is 9.85. The fourth-order valence-corrected chi connectivity index (χ4v) is 4.42. The van der Waals surface area contributed by atoms with Crippen molar-refractivity contribution in [1.29, 1.82) is 0 Å². The second kappa shape index (κ2) is 7.25. The number of piperidine rings is 2. The van der Waals surface area contributed by atoms with Gasteiger partial charge in [-0.05, 0) is 48.2 Å². The maximum absolute atomic E-state index is 13.1. The molecule has 2 aliphatic rings. The second-order valence-corrected chi connectivity index (χ2v) is 7.90. The highest BCUT2D eigenvalue weighted by Gasteiger charge is 2.42. The van der Waals surface area contributed by atoms with Gasteiger partial charge in [-0.15, -0.1) is 5.10 Å². The zero-order chi connectivity index (χ0) is 18.9. The number of fused-ring (bicyclic) bond motifs is 1. The number of likely N-dealkylation sites (tertiary alicyclic amines) is 2. The van der Waals surface area contributed by atoms with E-state index in [1.807, 2.05) is 9.80 Å². The maximum Gasteiger partial charge on any atom is 0.254 e. The van der Waals surface area contributed by atoms with Gasteiger partial charge in [0.15, 0.2) is 5.65 Å². The molecule has 0 saturated carbocycles. The van der Waals surface area contributed by atoms with Crippen LogP contribution in [0.15, 0.2) is 18.3 Å². The molecule has 1 unspecified atom stereocenters. The molecule has 0 N–H and O–H groups in total. The fraction of sp³-hybridized carbons (Fsp3) is 0.632. The molecule has 2 amide bonds. The minimum atomic E-state index is 0.0246. The van der Waals surface area contributed by atoms with E-state index in [1.165, 1.54) is 0 Å². The Kier molecular flexibility index (Phi) is 4.80. The molecule has 0 aliphatic carbocycles. The summed E-state index contributed by atoms with van der Waals surface area (Å²) in [5, 5.41) is 11.4. The fourth-order valence-electron chi connectivity index (χ4n) is 4.42.